The van der Waals surface area contributed by atoms with Gasteiger partial charge in [-0.25, -0.2) is 4.98 Å². The van der Waals surface area contributed by atoms with Crippen molar-refractivity contribution < 1.29 is 0 Å². The number of aromatic nitrogens is 2. The molecule has 0 amide bonds. The van der Waals surface area contributed by atoms with Gasteiger partial charge >= 0.3 is 0 Å². The quantitative estimate of drug-likeness (QED) is 0.808. The van der Waals surface area contributed by atoms with E-state index in [1.165, 1.54) is 10.3 Å². The molecule has 0 unspecified atom stereocenters. The second kappa shape index (κ2) is 4.17. The van der Waals surface area contributed by atoms with Crippen LogP contribution in [0.15, 0.2) is 34.4 Å². The van der Waals surface area contributed by atoms with Crippen LogP contribution in [0.5, 0.6) is 0 Å². The summed E-state index contributed by atoms with van der Waals surface area (Å²) in [4.78, 5) is 12.9. The molecule has 0 radical (unpaired) electrons. The lowest BCUT2D eigenvalue weighted by Gasteiger charge is -2.20. The van der Waals surface area contributed by atoms with Crippen LogP contribution in [0.4, 0.5) is 0 Å². The van der Waals surface area contributed by atoms with E-state index in [1.54, 1.807) is 18.1 Å². The lowest BCUT2D eigenvalue weighted by Crippen LogP contribution is -2.19. The number of fused-ring (bicyclic) bond motifs is 1. The number of H-pyrrole nitrogens is 1. The number of aromatic amines is 1. The Kier molecular flexibility index (Phi) is 2.53. The van der Waals surface area contributed by atoms with Crippen molar-refractivity contribution in [1.82, 2.24) is 14.3 Å². The number of nitrogens with one attached hydrogen (secondary N) is 1. The topological polar surface area (TPSA) is 44.3 Å². The van der Waals surface area contributed by atoms with E-state index in [2.05, 4.69) is 25.3 Å². The zero-order valence-electron chi connectivity index (χ0n) is 8.76. The Morgan fingerprint density at radius 2 is 2.44 bits per heavy atom. The molecule has 0 spiro atoms. The van der Waals surface area contributed by atoms with Gasteiger partial charge in [0.1, 0.15) is 5.65 Å². The predicted octanol–water partition coefficient (Wildman–Crippen LogP) is 2.30. The van der Waals surface area contributed by atoms with Crippen molar-refractivity contribution >= 4 is 29.3 Å². The third-order valence-electron chi connectivity index (χ3n) is 2.50. The minimum Gasteiger partial charge on any atom is -0.345 e. The average molecular weight is 232 g/mol. The molecule has 3 rings (SSSR count). The maximum atomic E-state index is 4.27. The van der Waals surface area contributed by atoms with Gasteiger partial charge in [-0.15, -0.1) is 0 Å². The standard InChI is InChI=1S/C11H12N4S/c1-3-9-10(7-14-11(9)13-5-1)16-15-6-2-4-12-8-15/h1,3,5,7-8H,2,4,6H2,(H,13,14). The number of hydrogen-bond acceptors (Lipinski definition) is 4. The number of pyridine rings is 1. The summed E-state index contributed by atoms with van der Waals surface area (Å²) in [5.74, 6) is 0. The first-order valence-corrected chi connectivity index (χ1v) is 6.07. The molecular weight excluding hydrogens is 220 g/mol. The lowest BCUT2D eigenvalue weighted by atomic mass is 10.3. The van der Waals surface area contributed by atoms with Gasteiger partial charge in [0.05, 0.1) is 11.2 Å². The normalized spacial score (nSPS) is 15.9. The van der Waals surface area contributed by atoms with Crippen molar-refractivity contribution in [3.63, 3.8) is 0 Å². The number of aliphatic imine (C=N–C) groups is 1. The largest absolute Gasteiger partial charge is 0.345 e. The van der Waals surface area contributed by atoms with Crippen molar-refractivity contribution in [1.29, 1.82) is 0 Å². The van der Waals surface area contributed by atoms with E-state index in [-0.39, 0.29) is 0 Å². The maximum Gasteiger partial charge on any atom is 0.138 e. The summed E-state index contributed by atoms with van der Waals surface area (Å²) >= 11 is 1.71. The Labute approximate surface area is 97.9 Å². The highest BCUT2D eigenvalue weighted by Gasteiger charge is 2.10. The summed E-state index contributed by atoms with van der Waals surface area (Å²) in [6, 6.07) is 4.05. The Morgan fingerprint density at radius 1 is 1.44 bits per heavy atom. The van der Waals surface area contributed by atoms with Crippen molar-refractivity contribution in [3.05, 3.63) is 24.5 Å². The van der Waals surface area contributed by atoms with Crippen molar-refractivity contribution in [3.8, 4) is 0 Å². The first-order chi connectivity index (χ1) is 7.93. The van der Waals surface area contributed by atoms with Crippen molar-refractivity contribution in [2.24, 2.45) is 4.99 Å². The predicted molar refractivity (Wildman–Crippen MR) is 66.6 cm³/mol. The summed E-state index contributed by atoms with van der Waals surface area (Å²) < 4.78 is 2.17. The maximum absolute atomic E-state index is 4.27. The van der Waals surface area contributed by atoms with Crippen molar-refractivity contribution in [2.75, 3.05) is 13.1 Å². The molecule has 0 atom stereocenters. The molecular formula is C11H12N4S. The lowest BCUT2D eigenvalue weighted by molar-refractivity contribution is 0.612. The molecule has 3 heterocycles. The van der Waals surface area contributed by atoms with E-state index in [1.807, 2.05) is 18.6 Å². The van der Waals surface area contributed by atoms with Crippen LogP contribution >= 0.6 is 11.9 Å². The van der Waals surface area contributed by atoms with Gasteiger partial charge in [-0.3, -0.25) is 4.99 Å². The highest BCUT2D eigenvalue weighted by Crippen LogP contribution is 2.29. The smallest absolute Gasteiger partial charge is 0.138 e. The first-order valence-electron chi connectivity index (χ1n) is 5.30. The van der Waals surface area contributed by atoms with Crippen LogP contribution in [0.1, 0.15) is 6.42 Å². The molecule has 0 aromatic carbocycles. The van der Waals surface area contributed by atoms with Gasteiger partial charge in [0.15, 0.2) is 0 Å². The highest BCUT2D eigenvalue weighted by atomic mass is 32.2. The Hall–Kier alpha value is -1.49. The molecule has 4 nitrogen and oxygen atoms in total. The third kappa shape index (κ3) is 1.78. The number of hydrogen-bond donors (Lipinski definition) is 1. The second-order valence-electron chi connectivity index (χ2n) is 3.66. The van der Waals surface area contributed by atoms with Crippen LogP contribution in [0.2, 0.25) is 0 Å². The van der Waals surface area contributed by atoms with E-state index >= 15 is 0 Å². The van der Waals surface area contributed by atoms with Gasteiger partial charge < -0.3 is 9.29 Å². The van der Waals surface area contributed by atoms with Crippen LogP contribution < -0.4 is 0 Å². The van der Waals surface area contributed by atoms with E-state index in [4.69, 9.17) is 0 Å². The van der Waals surface area contributed by atoms with Crippen LogP contribution in [-0.2, 0) is 0 Å². The van der Waals surface area contributed by atoms with Crippen LogP contribution in [-0.4, -0.2) is 33.7 Å². The molecule has 5 heteroatoms. The molecule has 1 aliphatic heterocycles. The Bertz CT molecular complexity index is 519. The van der Waals surface area contributed by atoms with Gasteiger partial charge in [0, 0.05) is 30.9 Å². The SMILES string of the molecule is C1=NCCCN1Sc1c[nH]c2ncccc12. The highest BCUT2D eigenvalue weighted by molar-refractivity contribution is 7.97. The zero-order valence-corrected chi connectivity index (χ0v) is 9.57. The molecule has 0 saturated carbocycles. The molecule has 2 aromatic heterocycles. The monoisotopic (exact) mass is 232 g/mol. The fourth-order valence-corrected chi connectivity index (χ4v) is 2.69. The summed E-state index contributed by atoms with van der Waals surface area (Å²) in [5.41, 5.74) is 0.943. The molecule has 0 bridgehead atoms. The summed E-state index contributed by atoms with van der Waals surface area (Å²) in [6.07, 6.45) is 6.86. The molecule has 1 aliphatic rings. The molecule has 2 aromatic rings. The second-order valence-corrected chi connectivity index (χ2v) is 4.75. The van der Waals surface area contributed by atoms with E-state index in [0.29, 0.717) is 0 Å². The minimum absolute atomic E-state index is 0.943. The molecule has 0 saturated heterocycles. The fourth-order valence-electron chi connectivity index (χ4n) is 1.73. The van der Waals surface area contributed by atoms with Gasteiger partial charge in [0.2, 0.25) is 0 Å². The Balaban J connectivity index is 1.88. The van der Waals surface area contributed by atoms with Gasteiger partial charge in [-0.2, -0.15) is 0 Å². The molecule has 16 heavy (non-hydrogen) atoms. The van der Waals surface area contributed by atoms with Crippen LogP contribution in [0.25, 0.3) is 11.0 Å². The first kappa shape index (κ1) is 9.72. The van der Waals surface area contributed by atoms with Crippen LogP contribution in [0.3, 0.4) is 0 Å². The van der Waals surface area contributed by atoms with Gasteiger partial charge in [-0.05, 0) is 30.5 Å². The summed E-state index contributed by atoms with van der Waals surface area (Å²) in [7, 11) is 0. The number of rotatable bonds is 2. The van der Waals surface area contributed by atoms with Crippen LogP contribution in [0, 0.1) is 0 Å². The average Bonchev–Trinajstić information content (AvgIpc) is 2.74. The van der Waals surface area contributed by atoms with Gasteiger partial charge in [-0.1, -0.05) is 0 Å². The van der Waals surface area contributed by atoms with Crippen molar-refractivity contribution in [2.45, 2.75) is 11.3 Å². The molecule has 0 aliphatic carbocycles. The number of nitrogens with zero attached hydrogens (tertiary/aromatic N) is 3. The molecule has 1 N–H and O–H groups in total. The van der Waals surface area contributed by atoms with E-state index < -0.39 is 0 Å². The third-order valence-corrected chi connectivity index (χ3v) is 3.55. The molecule has 0 fully saturated rings. The zero-order chi connectivity index (χ0) is 10.8. The minimum atomic E-state index is 0.943. The van der Waals surface area contributed by atoms with Gasteiger partial charge in [0.25, 0.3) is 0 Å². The Morgan fingerprint density at radius 3 is 3.31 bits per heavy atom. The van der Waals surface area contributed by atoms with E-state index in [0.717, 1.165) is 25.2 Å². The molecule has 82 valence electrons. The fraction of sp³-hybridized carbons (Fsp3) is 0.273. The summed E-state index contributed by atoms with van der Waals surface area (Å²) in [6.45, 7) is 2.01. The van der Waals surface area contributed by atoms with E-state index in [9.17, 15) is 0 Å². The summed E-state index contributed by atoms with van der Waals surface area (Å²) in [5, 5.41) is 1.17.